The summed E-state index contributed by atoms with van der Waals surface area (Å²) in [6.45, 7) is -0.0707. The topological polar surface area (TPSA) is 144 Å². The lowest BCUT2D eigenvalue weighted by atomic mass is 9.77. The Hall–Kier alpha value is -3.86. The molecular formula is C33H39N3O7. The first kappa shape index (κ1) is 29.2. The van der Waals surface area contributed by atoms with Gasteiger partial charge in [-0.15, -0.1) is 0 Å². The fourth-order valence-corrected chi connectivity index (χ4v) is 6.94. The summed E-state index contributed by atoms with van der Waals surface area (Å²) in [6.07, 6.45) is 3.81. The standard InChI is InChI=1S/C33H39N3O7/c1-42-27-15-19(18-38)14-23-28-24(32(40)34-11-13-37)17-26(29(39)31(28)43-30(23)27)36(33(41)20-6-2-3-7-20)12-10-22-16-21-8-4-5-9-25(21)35-22/h4-5,8-9,14-17,20,26,28-29,31,35,37-39H,2-3,6-7,10-13,18H2,1H3,(H,34,40). The van der Waals surface area contributed by atoms with Crippen molar-refractivity contribution in [2.45, 2.75) is 62.9 Å². The molecule has 0 spiro atoms. The number of H-pyrrole nitrogens is 1. The van der Waals surface area contributed by atoms with Crippen molar-refractivity contribution in [3.63, 3.8) is 0 Å². The fraction of sp³-hybridized carbons (Fsp3) is 0.455. The Labute approximate surface area is 250 Å². The predicted octanol–water partition coefficient (Wildman–Crippen LogP) is 2.55. The van der Waals surface area contributed by atoms with Crippen molar-refractivity contribution >= 4 is 22.7 Å². The summed E-state index contributed by atoms with van der Waals surface area (Å²) in [6, 6.07) is 12.7. The second-order valence-electron chi connectivity index (χ2n) is 11.7. The number of nitrogens with zero attached hydrogens (tertiary/aromatic N) is 1. The van der Waals surface area contributed by atoms with E-state index in [4.69, 9.17) is 9.47 Å². The maximum Gasteiger partial charge on any atom is 0.247 e. The molecule has 2 amide bonds. The van der Waals surface area contributed by atoms with Crippen LogP contribution in [0.1, 0.15) is 48.4 Å². The van der Waals surface area contributed by atoms with Gasteiger partial charge in [0, 0.05) is 47.8 Å². The van der Waals surface area contributed by atoms with Crippen molar-refractivity contribution in [2.75, 3.05) is 26.8 Å². The molecule has 2 heterocycles. The van der Waals surface area contributed by atoms with Crippen LogP contribution >= 0.6 is 0 Å². The summed E-state index contributed by atoms with van der Waals surface area (Å²) >= 11 is 0. The number of aromatic amines is 1. The van der Waals surface area contributed by atoms with Gasteiger partial charge in [0.25, 0.3) is 0 Å². The highest BCUT2D eigenvalue weighted by Crippen LogP contribution is 2.51. The van der Waals surface area contributed by atoms with Gasteiger partial charge in [0.1, 0.15) is 12.2 Å². The molecule has 10 heteroatoms. The van der Waals surface area contributed by atoms with Crippen LogP contribution in [0, 0.1) is 5.92 Å². The normalized spacial score (nSPS) is 22.9. The molecule has 228 valence electrons. The van der Waals surface area contributed by atoms with Crippen LogP contribution in [0.15, 0.2) is 54.1 Å². The number of amides is 2. The summed E-state index contributed by atoms with van der Waals surface area (Å²) in [5.41, 5.74) is 3.55. The van der Waals surface area contributed by atoms with Crippen LogP contribution in [-0.4, -0.2) is 82.1 Å². The predicted molar refractivity (Wildman–Crippen MR) is 160 cm³/mol. The van der Waals surface area contributed by atoms with E-state index in [1.54, 1.807) is 23.1 Å². The third kappa shape index (κ3) is 5.50. The number of carbonyl (C=O) groups excluding carboxylic acids is 2. The Kier molecular flexibility index (Phi) is 8.43. The number of hydrogen-bond donors (Lipinski definition) is 5. The number of fused-ring (bicyclic) bond motifs is 4. The molecule has 43 heavy (non-hydrogen) atoms. The van der Waals surface area contributed by atoms with Gasteiger partial charge in [-0.1, -0.05) is 31.0 Å². The molecular weight excluding hydrogens is 550 g/mol. The van der Waals surface area contributed by atoms with E-state index < -0.39 is 30.1 Å². The number of methoxy groups -OCH3 is 1. The van der Waals surface area contributed by atoms with Gasteiger partial charge in [0.05, 0.1) is 32.3 Å². The van der Waals surface area contributed by atoms with Gasteiger partial charge in [-0.2, -0.15) is 0 Å². The molecule has 4 unspecified atom stereocenters. The van der Waals surface area contributed by atoms with Crippen LogP contribution in [0.5, 0.6) is 11.5 Å². The zero-order valence-corrected chi connectivity index (χ0v) is 24.3. The largest absolute Gasteiger partial charge is 0.493 e. The number of para-hydroxylation sites is 1. The van der Waals surface area contributed by atoms with Crippen molar-refractivity contribution < 1.29 is 34.4 Å². The van der Waals surface area contributed by atoms with Gasteiger partial charge in [0.15, 0.2) is 11.5 Å². The summed E-state index contributed by atoms with van der Waals surface area (Å²) in [7, 11) is 1.50. The maximum absolute atomic E-state index is 14.1. The number of ether oxygens (including phenoxy) is 2. The van der Waals surface area contributed by atoms with Crippen molar-refractivity contribution in [3.8, 4) is 11.5 Å². The molecule has 4 atom stereocenters. The highest BCUT2D eigenvalue weighted by atomic mass is 16.5. The van der Waals surface area contributed by atoms with Crippen LogP contribution < -0.4 is 14.8 Å². The monoisotopic (exact) mass is 589 g/mol. The molecule has 0 bridgehead atoms. The molecule has 10 nitrogen and oxygen atoms in total. The lowest BCUT2D eigenvalue weighted by Crippen LogP contribution is -2.57. The van der Waals surface area contributed by atoms with Crippen LogP contribution in [-0.2, 0) is 22.6 Å². The number of aromatic nitrogens is 1. The second-order valence-corrected chi connectivity index (χ2v) is 11.7. The minimum absolute atomic E-state index is 0.0295. The molecule has 2 aliphatic carbocycles. The zero-order chi connectivity index (χ0) is 30.1. The van der Waals surface area contributed by atoms with E-state index in [2.05, 4.69) is 16.4 Å². The van der Waals surface area contributed by atoms with E-state index >= 15 is 0 Å². The summed E-state index contributed by atoms with van der Waals surface area (Å²) in [5.74, 6) is -0.429. The third-order valence-corrected chi connectivity index (χ3v) is 9.05. The van der Waals surface area contributed by atoms with E-state index in [1.807, 2.05) is 24.3 Å². The van der Waals surface area contributed by atoms with Gasteiger partial charge in [-0.25, -0.2) is 0 Å². The molecule has 1 fully saturated rings. The number of rotatable bonds is 10. The SMILES string of the molecule is COc1cc(CO)cc2c1OC1C2C(C(=O)NCCO)=CC(N(CCc2cc3ccccc3[nH]2)C(=O)C2CCCC2)C1O. The van der Waals surface area contributed by atoms with E-state index in [0.717, 1.165) is 42.3 Å². The molecule has 0 radical (unpaired) electrons. The van der Waals surface area contributed by atoms with Crippen molar-refractivity contribution in [1.82, 2.24) is 15.2 Å². The number of carbonyl (C=O) groups is 2. The molecule has 0 saturated heterocycles. The lowest BCUT2D eigenvalue weighted by Gasteiger charge is -2.41. The molecule has 1 aromatic heterocycles. The van der Waals surface area contributed by atoms with Crippen LogP contribution in [0.4, 0.5) is 0 Å². The van der Waals surface area contributed by atoms with E-state index in [9.17, 15) is 24.9 Å². The summed E-state index contributed by atoms with van der Waals surface area (Å²) in [5, 5.41) is 35.1. The van der Waals surface area contributed by atoms with Gasteiger partial charge in [-0.3, -0.25) is 9.59 Å². The minimum atomic E-state index is -1.14. The average Bonchev–Trinajstić information content (AvgIpc) is 3.79. The van der Waals surface area contributed by atoms with E-state index in [1.165, 1.54) is 7.11 Å². The van der Waals surface area contributed by atoms with Crippen molar-refractivity contribution in [1.29, 1.82) is 0 Å². The Morgan fingerprint density at radius 1 is 1.14 bits per heavy atom. The Morgan fingerprint density at radius 2 is 1.93 bits per heavy atom. The lowest BCUT2D eigenvalue weighted by molar-refractivity contribution is -0.141. The maximum atomic E-state index is 14.1. The molecule has 3 aromatic rings. The van der Waals surface area contributed by atoms with Crippen LogP contribution in [0.25, 0.3) is 10.9 Å². The molecule has 2 aromatic carbocycles. The van der Waals surface area contributed by atoms with E-state index in [-0.39, 0.29) is 31.6 Å². The number of aliphatic hydroxyl groups excluding tert-OH is 3. The second kappa shape index (κ2) is 12.4. The summed E-state index contributed by atoms with van der Waals surface area (Å²) in [4.78, 5) is 32.8. The average molecular weight is 590 g/mol. The zero-order valence-electron chi connectivity index (χ0n) is 24.3. The van der Waals surface area contributed by atoms with Gasteiger partial charge >= 0.3 is 0 Å². The first-order chi connectivity index (χ1) is 20.9. The molecule has 6 rings (SSSR count). The van der Waals surface area contributed by atoms with Gasteiger partial charge in [-0.05, 0) is 54.1 Å². The van der Waals surface area contributed by atoms with Gasteiger partial charge in [0.2, 0.25) is 11.8 Å². The van der Waals surface area contributed by atoms with Gasteiger partial charge < -0.3 is 40.0 Å². The Balaban J connectivity index is 1.39. The summed E-state index contributed by atoms with van der Waals surface area (Å²) < 4.78 is 11.9. The number of hydrogen-bond acceptors (Lipinski definition) is 7. The fourth-order valence-electron chi connectivity index (χ4n) is 6.94. The molecule has 5 N–H and O–H groups in total. The highest BCUT2D eigenvalue weighted by molar-refractivity contribution is 5.96. The number of aliphatic hydroxyl groups is 3. The van der Waals surface area contributed by atoms with Crippen LogP contribution in [0.2, 0.25) is 0 Å². The quantitative estimate of drug-likeness (QED) is 0.245. The van der Waals surface area contributed by atoms with E-state index in [0.29, 0.717) is 41.2 Å². The first-order valence-electron chi connectivity index (χ1n) is 15.1. The number of benzene rings is 2. The third-order valence-electron chi connectivity index (χ3n) is 9.05. The number of nitrogens with one attached hydrogen (secondary N) is 2. The molecule has 1 aliphatic heterocycles. The van der Waals surface area contributed by atoms with Crippen molar-refractivity contribution in [3.05, 3.63) is 70.9 Å². The molecule has 3 aliphatic rings. The Morgan fingerprint density at radius 3 is 2.65 bits per heavy atom. The van der Waals surface area contributed by atoms with Crippen LogP contribution in [0.3, 0.4) is 0 Å². The molecule has 1 saturated carbocycles. The smallest absolute Gasteiger partial charge is 0.247 e. The minimum Gasteiger partial charge on any atom is -0.493 e. The van der Waals surface area contributed by atoms with Crippen molar-refractivity contribution in [2.24, 2.45) is 5.92 Å². The highest BCUT2D eigenvalue weighted by Gasteiger charge is 2.51. The Bertz CT molecular complexity index is 1490. The first-order valence-corrected chi connectivity index (χ1v) is 15.1.